The van der Waals surface area contributed by atoms with Gasteiger partial charge in [-0.25, -0.2) is 0 Å². The van der Waals surface area contributed by atoms with Crippen molar-refractivity contribution >= 4 is 17.6 Å². The van der Waals surface area contributed by atoms with Gasteiger partial charge in [-0.15, -0.1) is 0 Å². The van der Waals surface area contributed by atoms with Crippen LogP contribution < -0.4 is 15.4 Å². The van der Waals surface area contributed by atoms with Crippen LogP contribution in [-0.4, -0.2) is 60.2 Å². The number of nitrogens with one attached hydrogen (secondary N) is 2. The van der Waals surface area contributed by atoms with Crippen molar-refractivity contribution in [2.24, 2.45) is 0 Å². The second-order valence-corrected chi connectivity index (χ2v) is 6.10. The Hall–Kier alpha value is -3.23. The van der Waals surface area contributed by atoms with Crippen molar-refractivity contribution in [3.8, 4) is 16.9 Å². The molecule has 154 valence electrons. The number of Topliss-reactive ketones (excluding diaryl/α,β-unsaturated/α-hetero) is 1. The van der Waals surface area contributed by atoms with Gasteiger partial charge in [0.2, 0.25) is 5.91 Å². The Kier molecular flexibility index (Phi) is 8.32. The molecule has 4 N–H and O–H groups in total. The van der Waals surface area contributed by atoms with E-state index in [1.165, 1.54) is 0 Å². The number of likely N-dealkylation sites (N-methyl/N-ethyl adjacent to an activating group) is 1. The molecular weight excluding hydrogens is 376 g/mol. The average Bonchev–Trinajstić information content (AvgIpc) is 2.76. The molecule has 0 heterocycles. The number of carbonyl (C=O) groups is 3. The molecule has 0 aliphatic rings. The standard InChI is InChI=1S/C21H24N2O6/c1-2-22-21(28)19(18(26)13-25)23-20(27)16-5-3-14(4-6-16)15-7-9-17(10-8-15)29-12-11-24/h3-10,19,24-25H,2,11-13H2,1H3,(H,22,28)(H,23,27). The predicted octanol–water partition coefficient (Wildman–Crippen LogP) is 0.521. The summed E-state index contributed by atoms with van der Waals surface area (Å²) in [6.07, 6.45) is 0. The predicted molar refractivity (Wildman–Crippen MR) is 106 cm³/mol. The number of ketones is 1. The Labute approximate surface area is 168 Å². The van der Waals surface area contributed by atoms with Gasteiger partial charge in [0, 0.05) is 12.1 Å². The zero-order valence-electron chi connectivity index (χ0n) is 16.1. The van der Waals surface area contributed by atoms with Crippen molar-refractivity contribution in [2.75, 3.05) is 26.4 Å². The maximum Gasteiger partial charge on any atom is 0.252 e. The minimum absolute atomic E-state index is 0.0594. The smallest absolute Gasteiger partial charge is 0.252 e. The van der Waals surface area contributed by atoms with Crippen LogP contribution in [0.3, 0.4) is 0 Å². The maximum absolute atomic E-state index is 12.4. The molecule has 0 aromatic heterocycles. The monoisotopic (exact) mass is 400 g/mol. The van der Waals surface area contributed by atoms with Crippen molar-refractivity contribution in [1.29, 1.82) is 0 Å². The molecule has 2 aromatic carbocycles. The maximum atomic E-state index is 12.4. The Morgan fingerprint density at radius 2 is 1.55 bits per heavy atom. The first kappa shape index (κ1) is 22.1. The summed E-state index contributed by atoms with van der Waals surface area (Å²) in [5, 5.41) is 22.6. The molecule has 0 aliphatic carbocycles. The number of amides is 2. The summed E-state index contributed by atoms with van der Waals surface area (Å²) < 4.78 is 5.32. The van der Waals surface area contributed by atoms with Gasteiger partial charge in [-0.2, -0.15) is 0 Å². The summed E-state index contributed by atoms with van der Waals surface area (Å²) >= 11 is 0. The molecule has 0 saturated carbocycles. The fourth-order valence-corrected chi connectivity index (χ4v) is 2.60. The highest BCUT2D eigenvalue weighted by atomic mass is 16.5. The number of benzene rings is 2. The molecule has 2 amide bonds. The third kappa shape index (κ3) is 6.13. The number of hydrogen-bond donors (Lipinski definition) is 4. The van der Waals surface area contributed by atoms with Crippen LogP contribution in [0.1, 0.15) is 17.3 Å². The van der Waals surface area contributed by atoms with Crippen LogP contribution in [0.2, 0.25) is 0 Å². The van der Waals surface area contributed by atoms with Gasteiger partial charge in [0.15, 0.2) is 11.8 Å². The number of aliphatic hydroxyl groups is 2. The molecule has 1 unspecified atom stereocenters. The first-order chi connectivity index (χ1) is 14.0. The first-order valence-electron chi connectivity index (χ1n) is 9.16. The van der Waals surface area contributed by atoms with Gasteiger partial charge in [-0.3, -0.25) is 14.4 Å². The SMILES string of the molecule is CCNC(=O)C(NC(=O)c1ccc(-c2ccc(OCCO)cc2)cc1)C(=O)CO. The van der Waals surface area contributed by atoms with Crippen LogP contribution in [0, 0.1) is 0 Å². The molecule has 1 atom stereocenters. The number of hydrogen-bond acceptors (Lipinski definition) is 6. The highest BCUT2D eigenvalue weighted by Crippen LogP contribution is 2.23. The highest BCUT2D eigenvalue weighted by Gasteiger charge is 2.27. The van der Waals surface area contributed by atoms with Crippen LogP contribution in [0.4, 0.5) is 0 Å². The summed E-state index contributed by atoms with van der Waals surface area (Å²) in [4.78, 5) is 36.2. The van der Waals surface area contributed by atoms with E-state index >= 15 is 0 Å². The van der Waals surface area contributed by atoms with Gasteiger partial charge in [-0.05, 0) is 42.3 Å². The lowest BCUT2D eigenvalue weighted by molar-refractivity contribution is -0.132. The second kappa shape index (κ2) is 10.9. The van der Waals surface area contributed by atoms with E-state index in [1.807, 2.05) is 12.1 Å². The molecule has 8 nitrogen and oxygen atoms in total. The summed E-state index contributed by atoms with van der Waals surface area (Å²) in [7, 11) is 0. The van der Waals surface area contributed by atoms with Crippen molar-refractivity contribution in [1.82, 2.24) is 10.6 Å². The lowest BCUT2D eigenvalue weighted by Crippen LogP contribution is -2.52. The summed E-state index contributed by atoms with van der Waals surface area (Å²) in [6, 6.07) is 12.5. The third-order valence-electron chi connectivity index (χ3n) is 4.06. The number of rotatable bonds is 10. The number of aliphatic hydroxyl groups excluding tert-OH is 2. The van der Waals surface area contributed by atoms with Crippen LogP contribution in [0.15, 0.2) is 48.5 Å². The van der Waals surface area contributed by atoms with Gasteiger partial charge >= 0.3 is 0 Å². The largest absolute Gasteiger partial charge is 0.491 e. The van der Waals surface area contributed by atoms with Crippen LogP contribution in [0.25, 0.3) is 11.1 Å². The summed E-state index contributed by atoms with van der Waals surface area (Å²) in [5.41, 5.74) is 2.04. The third-order valence-corrected chi connectivity index (χ3v) is 4.06. The summed E-state index contributed by atoms with van der Waals surface area (Å²) in [5.74, 6) is -1.41. The summed E-state index contributed by atoms with van der Waals surface area (Å²) in [6.45, 7) is 1.29. The molecule has 0 radical (unpaired) electrons. The van der Waals surface area contributed by atoms with E-state index in [-0.39, 0.29) is 18.8 Å². The molecule has 2 rings (SSSR count). The van der Waals surface area contributed by atoms with E-state index in [4.69, 9.17) is 14.9 Å². The molecule has 0 aliphatic heterocycles. The average molecular weight is 400 g/mol. The molecular formula is C21H24N2O6. The van der Waals surface area contributed by atoms with Gasteiger partial charge in [0.1, 0.15) is 19.0 Å². The fraction of sp³-hybridized carbons (Fsp3) is 0.286. The van der Waals surface area contributed by atoms with Crippen LogP contribution >= 0.6 is 0 Å². The molecule has 8 heteroatoms. The molecule has 29 heavy (non-hydrogen) atoms. The number of carbonyl (C=O) groups excluding carboxylic acids is 3. The Morgan fingerprint density at radius 3 is 2.07 bits per heavy atom. The van der Waals surface area contributed by atoms with Gasteiger partial charge in [0.25, 0.3) is 5.91 Å². The van der Waals surface area contributed by atoms with E-state index < -0.39 is 30.2 Å². The van der Waals surface area contributed by atoms with E-state index in [0.717, 1.165) is 11.1 Å². The van der Waals surface area contributed by atoms with Gasteiger partial charge in [0.05, 0.1) is 6.61 Å². The Bertz CT molecular complexity index is 833. The molecule has 0 saturated heterocycles. The van der Waals surface area contributed by atoms with Crippen LogP contribution in [-0.2, 0) is 9.59 Å². The lowest BCUT2D eigenvalue weighted by Gasteiger charge is -2.16. The van der Waals surface area contributed by atoms with E-state index in [2.05, 4.69) is 10.6 Å². The van der Waals surface area contributed by atoms with E-state index in [0.29, 0.717) is 12.3 Å². The topological polar surface area (TPSA) is 125 Å². The second-order valence-electron chi connectivity index (χ2n) is 6.10. The minimum Gasteiger partial charge on any atom is -0.491 e. The Morgan fingerprint density at radius 1 is 0.966 bits per heavy atom. The molecule has 2 aromatic rings. The molecule has 0 spiro atoms. The minimum atomic E-state index is -1.45. The highest BCUT2D eigenvalue weighted by molar-refractivity contribution is 6.10. The normalized spacial score (nSPS) is 11.4. The molecule has 0 fully saturated rings. The number of ether oxygens (including phenoxy) is 1. The van der Waals surface area contributed by atoms with Crippen molar-refractivity contribution in [3.05, 3.63) is 54.1 Å². The quantitative estimate of drug-likeness (QED) is 0.431. The lowest BCUT2D eigenvalue weighted by atomic mass is 10.0. The zero-order chi connectivity index (χ0) is 21.2. The first-order valence-corrected chi connectivity index (χ1v) is 9.16. The van der Waals surface area contributed by atoms with E-state index in [9.17, 15) is 14.4 Å². The van der Waals surface area contributed by atoms with Crippen molar-refractivity contribution in [3.63, 3.8) is 0 Å². The Balaban J connectivity index is 2.09. The van der Waals surface area contributed by atoms with Crippen molar-refractivity contribution in [2.45, 2.75) is 13.0 Å². The van der Waals surface area contributed by atoms with E-state index in [1.54, 1.807) is 43.3 Å². The van der Waals surface area contributed by atoms with Crippen molar-refractivity contribution < 1.29 is 29.3 Å². The van der Waals surface area contributed by atoms with Gasteiger partial charge in [-0.1, -0.05) is 24.3 Å². The molecule has 0 bridgehead atoms. The fourth-order valence-electron chi connectivity index (χ4n) is 2.60. The van der Waals surface area contributed by atoms with Gasteiger partial charge < -0.3 is 25.6 Å². The van der Waals surface area contributed by atoms with Crippen LogP contribution in [0.5, 0.6) is 5.75 Å². The zero-order valence-corrected chi connectivity index (χ0v) is 16.1.